The molecule has 3 aromatic carbocycles. The minimum atomic E-state index is -3.56. The first kappa shape index (κ1) is 19.1. The van der Waals surface area contributed by atoms with Gasteiger partial charge < -0.3 is 4.74 Å². The zero-order valence-electron chi connectivity index (χ0n) is 14.5. The van der Waals surface area contributed by atoms with Gasteiger partial charge in [0.2, 0.25) is 0 Å². The molecule has 0 saturated heterocycles. The summed E-state index contributed by atoms with van der Waals surface area (Å²) in [6, 6.07) is 22.8. The molecule has 0 fully saturated rings. The Balaban J connectivity index is 1.97. The zero-order valence-corrected chi connectivity index (χ0v) is 16.1. The summed E-state index contributed by atoms with van der Waals surface area (Å²) in [5.74, 6) is -0.630. The van der Waals surface area contributed by atoms with Crippen molar-refractivity contribution >= 4 is 27.4 Å². The minimum Gasteiger partial charge on any atom is -0.449 e. The molecule has 0 atom stereocenters. The molecule has 4 nitrogen and oxygen atoms in total. The molecule has 3 aromatic rings. The molecule has 0 spiro atoms. The van der Waals surface area contributed by atoms with Crippen LogP contribution in [0, 0.1) is 0 Å². The number of rotatable bonds is 5. The summed E-state index contributed by atoms with van der Waals surface area (Å²) < 4.78 is 29.5. The van der Waals surface area contributed by atoms with Crippen molar-refractivity contribution in [3.05, 3.63) is 101 Å². The number of benzene rings is 3. The van der Waals surface area contributed by atoms with Crippen LogP contribution in [0.2, 0.25) is 5.02 Å². The van der Waals surface area contributed by atoms with E-state index in [1.165, 1.54) is 18.2 Å². The Labute approximate surface area is 163 Å². The second kappa shape index (κ2) is 7.94. The second-order valence-corrected chi connectivity index (χ2v) is 8.42. The summed E-state index contributed by atoms with van der Waals surface area (Å²) in [6.07, 6.45) is 0.428. The molecule has 0 radical (unpaired) electrons. The van der Waals surface area contributed by atoms with Crippen LogP contribution in [-0.4, -0.2) is 20.6 Å². The van der Waals surface area contributed by atoms with E-state index in [0.29, 0.717) is 0 Å². The lowest BCUT2D eigenvalue weighted by molar-refractivity contribution is 0.0378. The largest absolute Gasteiger partial charge is 0.449 e. The third kappa shape index (κ3) is 4.56. The molecule has 0 aliphatic rings. The van der Waals surface area contributed by atoms with Crippen molar-refractivity contribution in [2.24, 2.45) is 0 Å². The van der Waals surface area contributed by atoms with E-state index in [0.717, 1.165) is 17.4 Å². The predicted octanol–water partition coefficient (Wildman–Crippen LogP) is 4.69. The van der Waals surface area contributed by atoms with Crippen molar-refractivity contribution in [3.63, 3.8) is 0 Å². The van der Waals surface area contributed by atoms with E-state index in [9.17, 15) is 13.2 Å². The predicted molar refractivity (Wildman–Crippen MR) is 105 cm³/mol. The lowest BCUT2D eigenvalue weighted by atomic mass is 10.0. The van der Waals surface area contributed by atoms with Crippen molar-refractivity contribution in [1.82, 2.24) is 0 Å². The van der Waals surface area contributed by atoms with Gasteiger partial charge in [0.1, 0.15) is 0 Å². The fraction of sp³-hybridized carbons (Fsp3) is 0.0952. The molecule has 27 heavy (non-hydrogen) atoms. The molecule has 0 aromatic heterocycles. The normalized spacial score (nSPS) is 11.4. The maximum Gasteiger partial charge on any atom is 0.339 e. The molecular formula is C21H17ClO4S. The summed E-state index contributed by atoms with van der Waals surface area (Å²) >= 11 is 5.95. The van der Waals surface area contributed by atoms with E-state index in [1.54, 1.807) is 0 Å². The second-order valence-electron chi connectivity index (χ2n) is 6.02. The van der Waals surface area contributed by atoms with E-state index in [1.807, 2.05) is 60.7 Å². The monoisotopic (exact) mass is 400 g/mol. The van der Waals surface area contributed by atoms with E-state index >= 15 is 0 Å². The molecule has 0 saturated carbocycles. The fourth-order valence-electron chi connectivity index (χ4n) is 2.67. The number of ether oxygens (including phenoxy) is 1. The number of carbonyl (C=O) groups is 1. The Kier molecular flexibility index (Phi) is 5.63. The van der Waals surface area contributed by atoms with Crippen molar-refractivity contribution < 1.29 is 17.9 Å². The lowest BCUT2D eigenvalue weighted by Gasteiger charge is -2.19. The summed E-state index contributed by atoms with van der Waals surface area (Å²) in [5, 5.41) is 0.0664. The van der Waals surface area contributed by atoms with Gasteiger partial charge in [-0.25, -0.2) is 13.2 Å². The minimum absolute atomic E-state index is 0.0664. The zero-order chi connectivity index (χ0) is 19.4. The van der Waals surface area contributed by atoms with Gasteiger partial charge in [-0.1, -0.05) is 72.3 Å². The highest BCUT2D eigenvalue weighted by Crippen LogP contribution is 2.28. The van der Waals surface area contributed by atoms with Gasteiger partial charge in [0, 0.05) is 6.26 Å². The first-order valence-corrected chi connectivity index (χ1v) is 10.4. The molecule has 0 bridgehead atoms. The Bertz CT molecular complexity index is 1010. The van der Waals surface area contributed by atoms with Gasteiger partial charge in [0.25, 0.3) is 0 Å². The van der Waals surface area contributed by atoms with Crippen molar-refractivity contribution in [2.45, 2.75) is 11.0 Å². The van der Waals surface area contributed by atoms with Crippen LogP contribution in [0.4, 0.5) is 0 Å². The summed E-state index contributed by atoms with van der Waals surface area (Å²) in [6.45, 7) is 0. The van der Waals surface area contributed by atoms with Crippen LogP contribution in [0.25, 0.3) is 0 Å². The van der Waals surface area contributed by atoms with Gasteiger partial charge in [-0.2, -0.15) is 0 Å². The van der Waals surface area contributed by atoms with E-state index < -0.39 is 21.9 Å². The Morgan fingerprint density at radius 2 is 1.41 bits per heavy atom. The number of esters is 1. The number of carbonyl (C=O) groups excluding carboxylic acids is 1. The molecule has 0 aliphatic carbocycles. The van der Waals surface area contributed by atoms with Crippen molar-refractivity contribution in [1.29, 1.82) is 0 Å². The molecular weight excluding hydrogens is 384 g/mol. The molecule has 0 heterocycles. The van der Waals surface area contributed by atoms with Crippen LogP contribution in [0.15, 0.2) is 83.8 Å². The highest BCUT2D eigenvalue weighted by molar-refractivity contribution is 7.90. The SMILES string of the molecule is CS(=O)(=O)c1cc(C(=O)OC(c2ccccc2)c2ccccc2)ccc1Cl. The Hall–Kier alpha value is -2.63. The average molecular weight is 401 g/mol. The number of sulfone groups is 1. The van der Waals surface area contributed by atoms with Gasteiger partial charge in [0.15, 0.2) is 15.9 Å². The highest BCUT2D eigenvalue weighted by atomic mass is 35.5. The summed E-state index contributed by atoms with van der Waals surface area (Å²) in [4.78, 5) is 12.6. The molecule has 138 valence electrons. The van der Waals surface area contributed by atoms with Crippen molar-refractivity contribution in [3.8, 4) is 0 Å². The number of halogens is 1. The van der Waals surface area contributed by atoms with Gasteiger partial charge in [-0.3, -0.25) is 0 Å². The quantitative estimate of drug-likeness (QED) is 0.583. The molecule has 0 unspecified atom stereocenters. The van der Waals surface area contributed by atoms with Gasteiger partial charge in [-0.05, 0) is 29.3 Å². The van der Waals surface area contributed by atoms with E-state index in [2.05, 4.69) is 0 Å². The van der Waals surface area contributed by atoms with Crippen LogP contribution >= 0.6 is 11.6 Å². The molecule has 0 aliphatic heterocycles. The maximum atomic E-state index is 12.7. The maximum absolute atomic E-state index is 12.7. The Morgan fingerprint density at radius 3 is 1.89 bits per heavy atom. The van der Waals surface area contributed by atoms with Gasteiger partial charge >= 0.3 is 5.97 Å². The van der Waals surface area contributed by atoms with Crippen LogP contribution in [0.1, 0.15) is 27.6 Å². The highest BCUT2D eigenvalue weighted by Gasteiger charge is 2.22. The third-order valence-corrected chi connectivity index (χ3v) is 5.57. The number of hydrogen-bond donors (Lipinski definition) is 0. The average Bonchev–Trinajstić information content (AvgIpc) is 2.66. The Morgan fingerprint density at radius 1 is 0.889 bits per heavy atom. The van der Waals surface area contributed by atoms with Crippen LogP contribution in [0.3, 0.4) is 0 Å². The third-order valence-electron chi connectivity index (χ3n) is 4.00. The smallest absolute Gasteiger partial charge is 0.339 e. The first-order chi connectivity index (χ1) is 12.9. The van der Waals surface area contributed by atoms with E-state index in [-0.39, 0.29) is 15.5 Å². The van der Waals surface area contributed by atoms with Crippen LogP contribution in [-0.2, 0) is 14.6 Å². The molecule has 0 amide bonds. The van der Waals surface area contributed by atoms with Gasteiger partial charge in [0.05, 0.1) is 15.5 Å². The summed E-state index contributed by atoms with van der Waals surface area (Å²) in [5.41, 5.74) is 1.75. The molecule has 0 N–H and O–H groups in total. The molecule has 6 heteroatoms. The van der Waals surface area contributed by atoms with Crippen LogP contribution in [0.5, 0.6) is 0 Å². The fourth-order valence-corrected chi connectivity index (χ4v) is 3.98. The summed E-state index contributed by atoms with van der Waals surface area (Å²) in [7, 11) is -3.56. The standard InChI is InChI=1S/C21H17ClO4S/c1-27(24,25)19-14-17(12-13-18(19)22)21(23)26-20(15-8-4-2-5-9-15)16-10-6-3-7-11-16/h2-14,20H,1H3. The topological polar surface area (TPSA) is 60.4 Å². The number of hydrogen-bond acceptors (Lipinski definition) is 4. The van der Waals surface area contributed by atoms with E-state index in [4.69, 9.17) is 16.3 Å². The first-order valence-electron chi connectivity index (χ1n) is 8.17. The molecule has 3 rings (SSSR count). The lowest BCUT2D eigenvalue weighted by Crippen LogP contribution is -2.13. The van der Waals surface area contributed by atoms with Crippen LogP contribution < -0.4 is 0 Å². The van der Waals surface area contributed by atoms with Gasteiger partial charge in [-0.15, -0.1) is 0 Å². The van der Waals surface area contributed by atoms with Crippen molar-refractivity contribution in [2.75, 3.05) is 6.26 Å².